The summed E-state index contributed by atoms with van der Waals surface area (Å²) in [4.78, 5) is 52.2. The molecule has 226 valence electrons. The molecule has 0 spiro atoms. The van der Waals surface area contributed by atoms with Gasteiger partial charge in [0.15, 0.2) is 0 Å². The lowest BCUT2D eigenvalue weighted by Gasteiger charge is -2.13. The fraction of sp³-hybridized carbons (Fsp3) is 0.0882. The molecular formula is C34H29N5O5S. The highest BCUT2D eigenvalue weighted by Crippen LogP contribution is 2.24. The molecule has 4 aromatic rings. The largest absolute Gasteiger partial charge is 0.496 e. The van der Waals surface area contributed by atoms with Gasteiger partial charge in [-0.2, -0.15) is 10.1 Å². The van der Waals surface area contributed by atoms with E-state index in [0.29, 0.717) is 28.3 Å². The summed E-state index contributed by atoms with van der Waals surface area (Å²) in [5, 5.41) is 13.8. The standard InChI is InChI=1S/C34H29N5O5S/c1-44-29-18-9-8-13-24(29)19-28(36-33(42)23-11-4-2-5-12-23)34(43)35-25-14-10-17-27(20-25)45-22-31(40)37-30-21-32(41)39(38-30)26-15-6-3-7-16-26/h2-20H,21-22H2,1H3,(H,35,43)(H,36,42)(H,37,38,40)/b28-19+. The average Bonchev–Trinajstić information content (AvgIpc) is 3.43. The number of nitrogens with one attached hydrogen (secondary N) is 3. The van der Waals surface area contributed by atoms with Gasteiger partial charge in [-0.3, -0.25) is 19.2 Å². The Hall–Kier alpha value is -5.68. The van der Waals surface area contributed by atoms with Crippen LogP contribution >= 0.6 is 11.8 Å². The number of para-hydroxylation sites is 2. The van der Waals surface area contributed by atoms with Gasteiger partial charge in [0.25, 0.3) is 17.7 Å². The molecule has 45 heavy (non-hydrogen) atoms. The number of methoxy groups -OCH3 is 1. The SMILES string of the molecule is COc1ccccc1/C=C(/NC(=O)c1ccccc1)C(=O)Nc1cccc(SCC(=O)NC2=NN(c3ccccc3)C(=O)C2)c1. The molecule has 0 bridgehead atoms. The maximum Gasteiger partial charge on any atom is 0.272 e. The van der Waals surface area contributed by atoms with Crippen molar-refractivity contribution in [1.29, 1.82) is 0 Å². The minimum Gasteiger partial charge on any atom is -0.496 e. The van der Waals surface area contributed by atoms with Gasteiger partial charge in [-0.05, 0) is 54.6 Å². The third kappa shape index (κ3) is 8.24. The van der Waals surface area contributed by atoms with E-state index in [-0.39, 0.29) is 35.5 Å². The van der Waals surface area contributed by atoms with E-state index in [1.807, 2.05) is 18.2 Å². The van der Waals surface area contributed by atoms with Gasteiger partial charge in [-0.25, -0.2) is 0 Å². The summed E-state index contributed by atoms with van der Waals surface area (Å²) in [6.07, 6.45) is 1.55. The van der Waals surface area contributed by atoms with Crippen molar-refractivity contribution in [3.05, 3.63) is 126 Å². The molecule has 0 aliphatic carbocycles. The lowest BCUT2D eigenvalue weighted by atomic mass is 10.1. The number of hydrogen-bond donors (Lipinski definition) is 3. The van der Waals surface area contributed by atoms with Crippen LogP contribution in [0.2, 0.25) is 0 Å². The molecule has 0 saturated heterocycles. The molecule has 1 aliphatic heterocycles. The second-order valence-electron chi connectivity index (χ2n) is 9.70. The highest BCUT2D eigenvalue weighted by molar-refractivity contribution is 8.00. The number of anilines is 2. The second-order valence-corrected chi connectivity index (χ2v) is 10.8. The predicted octanol–water partition coefficient (Wildman–Crippen LogP) is 5.06. The van der Waals surface area contributed by atoms with Gasteiger partial charge in [0.1, 0.15) is 17.3 Å². The van der Waals surface area contributed by atoms with E-state index >= 15 is 0 Å². The molecule has 0 saturated carbocycles. The second kappa shape index (κ2) is 14.7. The van der Waals surface area contributed by atoms with Crippen molar-refractivity contribution in [2.24, 2.45) is 5.10 Å². The highest BCUT2D eigenvalue weighted by atomic mass is 32.2. The molecule has 0 unspecified atom stereocenters. The number of amidine groups is 1. The summed E-state index contributed by atoms with van der Waals surface area (Å²) >= 11 is 1.26. The molecule has 5 rings (SSSR count). The maximum atomic E-state index is 13.5. The fourth-order valence-electron chi connectivity index (χ4n) is 4.36. The van der Waals surface area contributed by atoms with Crippen molar-refractivity contribution in [3.8, 4) is 5.75 Å². The Morgan fingerprint density at radius 2 is 1.60 bits per heavy atom. The van der Waals surface area contributed by atoms with E-state index < -0.39 is 11.8 Å². The molecule has 4 aromatic carbocycles. The van der Waals surface area contributed by atoms with Crippen LogP contribution in [0.5, 0.6) is 5.75 Å². The van der Waals surface area contributed by atoms with Gasteiger partial charge in [0.05, 0.1) is 25.0 Å². The van der Waals surface area contributed by atoms with E-state index in [2.05, 4.69) is 21.1 Å². The van der Waals surface area contributed by atoms with Crippen molar-refractivity contribution < 1.29 is 23.9 Å². The molecule has 4 amide bonds. The topological polar surface area (TPSA) is 129 Å². The quantitative estimate of drug-likeness (QED) is 0.168. The number of carbonyl (C=O) groups excluding carboxylic acids is 4. The van der Waals surface area contributed by atoms with Gasteiger partial charge in [-0.1, -0.05) is 60.7 Å². The first-order chi connectivity index (χ1) is 21.9. The highest BCUT2D eigenvalue weighted by Gasteiger charge is 2.26. The van der Waals surface area contributed by atoms with Crippen LogP contribution in [-0.2, 0) is 14.4 Å². The van der Waals surface area contributed by atoms with E-state index in [9.17, 15) is 19.2 Å². The van der Waals surface area contributed by atoms with Crippen molar-refractivity contribution in [2.45, 2.75) is 11.3 Å². The molecule has 0 aromatic heterocycles. The van der Waals surface area contributed by atoms with Crippen LogP contribution in [0.3, 0.4) is 0 Å². The lowest BCUT2D eigenvalue weighted by molar-refractivity contribution is -0.117. The maximum absolute atomic E-state index is 13.5. The van der Waals surface area contributed by atoms with Crippen LogP contribution in [0.4, 0.5) is 11.4 Å². The number of hydrogen-bond acceptors (Lipinski definition) is 7. The number of carbonyl (C=O) groups is 4. The van der Waals surface area contributed by atoms with Gasteiger partial charge in [0, 0.05) is 21.7 Å². The van der Waals surface area contributed by atoms with Crippen LogP contribution in [0.1, 0.15) is 22.3 Å². The number of nitrogens with zero attached hydrogens (tertiary/aromatic N) is 2. The number of amides is 4. The molecule has 11 heteroatoms. The van der Waals surface area contributed by atoms with Gasteiger partial charge >= 0.3 is 0 Å². The third-order valence-electron chi connectivity index (χ3n) is 6.49. The zero-order chi connectivity index (χ0) is 31.6. The summed E-state index contributed by atoms with van der Waals surface area (Å²) in [6, 6.07) is 31.7. The first-order valence-electron chi connectivity index (χ1n) is 13.9. The Bertz CT molecular complexity index is 1780. The molecule has 10 nitrogen and oxygen atoms in total. The third-order valence-corrected chi connectivity index (χ3v) is 7.48. The summed E-state index contributed by atoms with van der Waals surface area (Å²) in [5.74, 6) is -0.661. The molecule has 1 aliphatic rings. The predicted molar refractivity (Wildman–Crippen MR) is 175 cm³/mol. The number of rotatable bonds is 10. The van der Waals surface area contributed by atoms with E-state index in [0.717, 1.165) is 4.90 Å². The minimum absolute atomic E-state index is 0.00165. The number of ether oxygens (including phenoxy) is 1. The zero-order valence-corrected chi connectivity index (χ0v) is 25.0. The van der Waals surface area contributed by atoms with E-state index in [4.69, 9.17) is 4.74 Å². The summed E-state index contributed by atoms with van der Waals surface area (Å²) in [7, 11) is 1.53. The average molecular weight is 620 g/mol. The molecule has 0 fully saturated rings. The number of benzene rings is 4. The monoisotopic (exact) mass is 619 g/mol. The zero-order valence-electron chi connectivity index (χ0n) is 24.2. The van der Waals surface area contributed by atoms with Gasteiger partial charge in [0.2, 0.25) is 5.91 Å². The summed E-state index contributed by atoms with van der Waals surface area (Å²) < 4.78 is 5.42. The van der Waals surface area contributed by atoms with Gasteiger partial charge < -0.3 is 20.7 Å². The Kier molecular flexibility index (Phi) is 10.0. The van der Waals surface area contributed by atoms with Crippen LogP contribution in [0.15, 0.2) is 125 Å². The van der Waals surface area contributed by atoms with Crippen LogP contribution in [0.25, 0.3) is 6.08 Å². The first kappa shape index (κ1) is 30.8. The molecular weight excluding hydrogens is 590 g/mol. The Balaban J connectivity index is 1.24. The lowest BCUT2D eigenvalue weighted by Crippen LogP contribution is -2.31. The fourth-order valence-corrected chi connectivity index (χ4v) is 5.12. The molecule has 1 heterocycles. The van der Waals surface area contributed by atoms with E-state index in [1.54, 1.807) is 97.1 Å². The first-order valence-corrected chi connectivity index (χ1v) is 14.9. The Morgan fingerprint density at radius 1 is 0.889 bits per heavy atom. The normalized spacial score (nSPS) is 12.7. The molecule has 3 N–H and O–H groups in total. The molecule has 0 atom stereocenters. The summed E-state index contributed by atoms with van der Waals surface area (Å²) in [5.41, 5.74) is 2.11. The Morgan fingerprint density at radius 3 is 2.36 bits per heavy atom. The number of thioether (sulfide) groups is 1. The smallest absolute Gasteiger partial charge is 0.272 e. The minimum atomic E-state index is -0.544. The van der Waals surface area contributed by atoms with E-state index in [1.165, 1.54) is 23.9 Å². The van der Waals surface area contributed by atoms with Crippen molar-refractivity contribution in [3.63, 3.8) is 0 Å². The number of hydrazone groups is 1. The van der Waals surface area contributed by atoms with Gasteiger partial charge in [-0.15, -0.1) is 11.8 Å². The molecule has 0 radical (unpaired) electrons. The summed E-state index contributed by atoms with van der Waals surface area (Å²) in [6.45, 7) is 0. The van der Waals surface area contributed by atoms with Crippen LogP contribution in [0, 0.1) is 0 Å². The van der Waals surface area contributed by atoms with Crippen molar-refractivity contribution in [1.82, 2.24) is 10.6 Å². The van der Waals surface area contributed by atoms with Crippen molar-refractivity contribution in [2.75, 3.05) is 23.2 Å². The van der Waals surface area contributed by atoms with Crippen LogP contribution in [-0.4, -0.2) is 42.3 Å². The van der Waals surface area contributed by atoms with Crippen molar-refractivity contribution >= 4 is 58.7 Å². The Labute approximate surface area is 264 Å². The van der Waals surface area contributed by atoms with Crippen LogP contribution < -0.4 is 25.7 Å².